The van der Waals surface area contributed by atoms with E-state index in [1.54, 1.807) is 0 Å². The molecule has 0 unspecified atom stereocenters. The van der Waals surface area contributed by atoms with Crippen molar-refractivity contribution in [3.63, 3.8) is 0 Å². The van der Waals surface area contributed by atoms with Crippen molar-refractivity contribution in [2.45, 2.75) is 53.4 Å². The highest BCUT2D eigenvalue weighted by Crippen LogP contribution is 2.43. The third-order valence-corrected chi connectivity index (χ3v) is 7.78. The van der Waals surface area contributed by atoms with Crippen LogP contribution >= 0.6 is 11.6 Å². The Bertz CT molecular complexity index is 1570. The Hall–Kier alpha value is -3.43. The van der Waals surface area contributed by atoms with Crippen LogP contribution in [-0.4, -0.2) is 10.1 Å². The standard InChI is InChI=1S/C32H31ClN2O/c1-7-32(5,6)23-17-26(25-14-10-12-22-11-8-9-13-24(22)25)29(33)27(18-23)30-34-31(36-35-30)28-20(3)15-19(2)16-21(28)4/h8-18H,7H2,1-6H3. The van der Waals surface area contributed by atoms with E-state index in [0.717, 1.165) is 39.8 Å². The van der Waals surface area contributed by atoms with Crippen LogP contribution in [0.15, 0.2) is 71.3 Å². The second-order valence-electron chi connectivity index (χ2n) is 10.3. The van der Waals surface area contributed by atoms with Gasteiger partial charge in [0.05, 0.1) is 5.02 Å². The smallest absolute Gasteiger partial charge is 0.258 e. The van der Waals surface area contributed by atoms with Crippen LogP contribution in [0.1, 0.15) is 49.4 Å². The largest absolute Gasteiger partial charge is 0.334 e. The number of halogens is 1. The minimum Gasteiger partial charge on any atom is -0.334 e. The van der Waals surface area contributed by atoms with Crippen molar-refractivity contribution in [3.8, 4) is 34.0 Å². The van der Waals surface area contributed by atoms with Gasteiger partial charge in [0.2, 0.25) is 5.82 Å². The van der Waals surface area contributed by atoms with Crippen molar-refractivity contribution in [1.29, 1.82) is 0 Å². The topological polar surface area (TPSA) is 38.9 Å². The maximum atomic E-state index is 7.16. The maximum absolute atomic E-state index is 7.16. The first-order valence-electron chi connectivity index (χ1n) is 12.4. The van der Waals surface area contributed by atoms with Crippen molar-refractivity contribution >= 4 is 22.4 Å². The third-order valence-electron chi connectivity index (χ3n) is 7.38. The fourth-order valence-corrected chi connectivity index (χ4v) is 5.29. The minimum absolute atomic E-state index is 0.0463. The van der Waals surface area contributed by atoms with E-state index in [2.05, 4.69) is 113 Å². The predicted octanol–water partition coefficient (Wildman–Crippen LogP) is 9.49. The zero-order valence-electron chi connectivity index (χ0n) is 21.7. The summed E-state index contributed by atoms with van der Waals surface area (Å²) in [5, 5.41) is 7.38. The highest BCUT2D eigenvalue weighted by Gasteiger charge is 2.25. The lowest BCUT2D eigenvalue weighted by Crippen LogP contribution is -2.16. The molecule has 0 aliphatic carbocycles. The SMILES string of the molecule is CCC(C)(C)c1cc(-c2noc(-c3c(C)cc(C)cc3C)n2)c(Cl)c(-c2cccc3ccccc23)c1. The molecular formula is C32H31ClN2O. The van der Waals surface area contributed by atoms with Gasteiger partial charge in [-0.3, -0.25) is 0 Å². The van der Waals surface area contributed by atoms with Gasteiger partial charge in [-0.05, 0) is 77.8 Å². The molecule has 3 nitrogen and oxygen atoms in total. The monoisotopic (exact) mass is 494 g/mol. The fourth-order valence-electron chi connectivity index (χ4n) is 4.99. The quantitative estimate of drug-likeness (QED) is 0.244. The fraction of sp³-hybridized carbons (Fsp3) is 0.250. The summed E-state index contributed by atoms with van der Waals surface area (Å²) in [7, 11) is 0. The first kappa shape index (κ1) is 24.3. The average Bonchev–Trinajstić information content (AvgIpc) is 3.32. The normalized spacial score (nSPS) is 11.9. The summed E-state index contributed by atoms with van der Waals surface area (Å²) in [6, 6.07) is 23.4. The van der Waals surface area contributed by atoms with Gasteiger partial charge in [0.1, 0.15) is 0 Å². The molecule has 0 saturated carbocycles. The first-order valence-corrected chi connectivity index (χ1v) is 12.8. The number of fused-ring (bicyclic) bond motifs is 1. The molecule has 5 aromatic rings. The van der Waals surface area contributed by atoms with Crippen LogP contribution in [-0.2, 0) is 5.41 Å². The number of hydrogen-bond donors (Lipinski definition) is 0. The highest BCUT2D eigenvalue weighted by atomic mass is 35.5. The molecule has 1 heterocycles. The van der Waals surface area contributed by atoms with Crippen LogP contribution in [0, 0.1) is 20.8 Å². The van der Waals surface area contributed by atoms with Gasteiger partial charge in [0.15, 0.2) is 0 Å². The number of hydrogen-bond acceptors (Lipinski definition) is 3. The van der Waals surface area contributed by atoms with Crippen molar-refractivity contribution in [2.24, 2.45) is 0 Å². The van der Waals surface area contributed by atoms with Crippen molar-refractivity contribution in [1.82, 2.24) is 10.1 Å². The Kier molecular flexibility index (Phi) is 6.22. The Balaban J connectivity index is 1.74. The van der Waals surface area contributed by atoms with Gasteiger partial charge in [-0.15, -0.1) is 0 Å². The van der Waals surface area contributed by atoms with E-state index >= 15 is 0 Å². The lowest BCUT2D eigenvalue weighted by molar-refractivity contribution is 0.432. The molecule has 0 atom stereocenters. The molecule has 0 aliphatic rings. The molecule has 182 valence electrons. The molecule has 0 saturated heterocycles. The van der Waals surface area contributed by atoms with E-state index in [1.165, 1.54) is 21.9 Å². The number of aryl methyl sites for hydroxylation is 3. The van der Waals surface area contributed by atoms with Crippen molar-refractivity contribution in [3.05, 3.63) is 94.0 Å². The van der Waals surface area contributed by atoms with E-state index < -0.39 is 0 Å². The Morgan fingerprint density at radius 1 is 0.833 bits per heavy atom. The van der Waals surface area contributed by atoms with E-state index in [4.69, 9.17) is 21.1 Å². The molecular weight excluding hydrogens is 464 g/mol. The van der Waals surface area contributed by atoms with Gasteiger partial charge in [-0.2, -0.15) is 4.98 Å². The summed E-state index contributed by atoms with van der Waals surface area (Å²) in [6.45, 7) is 13.0. The number of aromatic nitrogens is 2. The predicted molar refractivity (Wildman–Crippen MR) is 151 cm³/mol. The average molecular weight is 495 g/mol. The molecule has 0 fully saturated rings. The Morgan fingerprint density at radius 2 is 1.50 bits per heavy atom. The lowest BCUT2D eigenvalue weighted by Gasteiger charge is -2.25. The molecule has 0 radical (unpaired) electrons. The molecule has 0 N–H and O–H groups in total. The highest BCUT2D eigenvalue weighted by molar-refractivity contribution is 6.36. The molecule has 4 heteroatoms. The van der Waals surface area contributed by atoms with Gasteiger partial charge in [0.25, 0.3) is 5.89 Å². The van der Waals surface area contributed by atoms with Gasteiger partial charge in [-0.25, -0.2) is 0 Å². The number of benzene rings is 4. The van der Waals surface area contributed by atoms with Gasteiger partial charge in [0, 0.05) is 16.7 Å². The minimum atomic E-state index is -0.0463. The lowest BCUT2D eigenvalue weighted by atomic mass is 9.80. The molecule has 36 heavy (non-hydrogen) atoms. The van der Waals surface area contributed by atoms with E-state index in [-0.39, 0.29) is 5.41 Å². The molecule has 0 aliphatic heterocycles. The molecule has 1 aromatic heterocycles. The van der Waals surface area contributed by atoms with Crippen LogP contribution in [0.2, 0.25) is 5.02 Å². The summed E-state index contributed by atoms with van der Waals surface area (Å²) < 4.78 is 5.81. The summed E-state index contributed by atoms with van der Waals surface area (Å²) in [4.78, 5) is 4.85. The number of rotatable bonds is 5. The second kappa shape index (κ2) is 9.22. The molecule has 0 bridgehead atoms. The number of nitrogens with zero attached hydrogens (tertiary/aromatic N) is 2. The summed E-state index contributed by atoms with van der Waals surface area (Å²) >= 11 is 7.16. The summed E-state index contributed by atoms with van der Waals surface area (Å²) in [5.41, 5.74) is 8.45. The van der Waals surface area contributed by atoms with Crippen LogP contribution in [0.3, 0.4) is 0 Å². The maximum Gasteiger partial charge on any atom is 0.258 e. The van der Waals surface area contributed by atoms with Crippen LogP contribution in [0.5, 0.6) is 0 Å². The summed E-state index contributed by atoms with van der Waals surface area (Å²) in [6.07, 6.45) is 0.988. The second-order valence-corrected chi connectivity index (χ2v) is 10.7. The molecule has 4 aromatic carbocycles. The van der Waals surface area contributed by atoms with Crippen LogP contribution in [0.25, 0.3) is 44.7 Å². The molecule has 0 spiro atoms. The summed E-state index contributed by atoms with van der Waals surface area (Å²) in [5.74, 6) is 1.02. The molecule has 0 amide bonds. The van der Waals surface area contributed by atoms with E-state index in [1.807, 2.05) is 0 Å². The van der Waals surface area contributed by atoms with Crippen molar-refractivity contribution in [2.75, 3.05) is 0 Å². The van der Waals surface area contributed by atoms with E-state index in [9.17, 15) is 0 Å². The Labute approximate surface area is 218 Å². The first-order chi connectivity index (χ1) is 17.2. The van der Waals surface area contributed by atoms with Crippen LogP contribution < -0.4 is 0 Å². The van der Waals surface area contributed by atoms with Gasteiger partial charge in [-0.1, -0.05) is 97.7 Å². The zero-order chi connectivity index (χ0) is 25.6. The Morgan fingerprint density at radius 3 is 2.22 bits per heavy atom. The van der Waals surface area contributed by atoms with Gasteiger partial charge >= 0.3 is 0 Å². The van der Waals surface area contributed by atoms with Crippen molar-refractivity contribution < 1.29 is 4.52 Å². The zero-order valence-corrected chi connectivity index (χ0v) is 22.5. The van der Waals surface area contributed by atoms with Gasteiger partial charge < -0.3 is 4.52 Å². The molecule has 5 rings (SSSR count). The third kappa shape index (κ3) is 4.22. The van der Waals surface area contributed by atoms with E-state index in [0.29, 0.717) is 16.7 Å². The van der Waals surface area contributed by atoms with Crippen LogP contribution in [0.4, 0.5) is 0 Å².